The molecule has 2 atom stereocenters. The molecule has 0 aliphatic carbocycles. The van der Waals surface area contributed by atoms with E-state index in [0.717, 1.165) is 31.6 Å². The first-order valence-corrected chi connectivity index (χ1v) is 13.5. The van der Waals surface area contributed by atoms with Crippen LogP contribution in [0.2, 0.25) is 0 Å². The molecule has 0 saturated carbocycles. The minimum Gasteiger partial charge on any atom is -0.478 e. The van der Waals surface area contributed by atoms with Gasteiger partial charge in [-0.3, -0.25) is 9.80 Å². The van der Waals surface area contributed by atoms with Crippen LogP contribution in [-0.2, 0) is 0 Å². The Labute approximate surface area is 209 Å². The van der Waals surface area contributed by atoms with Crippen molar-refractivity contribution in [1.29, 1.82) is 0 Å². The van der Waals surface area contributed by atoms with Crippen molar-refractivity contribution < 1.29 is 9.90 Å². The fourth-order valence-corrected chi connectivity index (χ4v) is 4.89. The number of nitrogens with zero attached hydrogens (tertiary/aromatic N) is 2. The molecule has 1 aromatic carbocycles. The number of aromatic carboxylic acids is 1. The van der Waals surface area contributed by atoms with Gasteiger partial charge < -0.3 is 16.6 Å². The van der Waals surface area contributed by atoms with Gasteiger partial charge in [0, 0.05) is 37.4 Å². The van der Waals surface area contributed by atoms with Crippen molar-refractivity contribution in [1.82, 2.24) is 9.80 Å². The highest BCUT2D eigenvalue weighted by Crippen LogP contribution is 2.22. The number of anilines is 1. The third kappa shape index (κ3) is 12.2. The minimum absolute atomic E-state index is 0.0651. The molecule has 1 saturated heterocycles. The zero-order chi connectivity index (χ0) is 25.6. The topological polar surface area (TPSA) is 95.8 Å². The molecular weight excluding hydrogens is 424 g/mol. The van der Waals surface area contributed by atoms with Crippen LogP contribution >= 0.6 is 0 Å². The highest BCUT2D eigenvalue weighted by Gasteiger charge is 2.33. The monoisotopic (exact) mass is 476 g/mol. The van der Waals surface area contributed by atoms with Crippen LogP contribution in [0, 0.1) is 11.8 Å². The van der Waals surface area contributed by atoms with E-state index in [2.05, 4.69) is 44.4 Å². The number of benzene rings is 1. The number of unbranched alkanes of at least 4 members (excludes halogenated alkanes) is 2. The summed E-state index contributed by atoms with van der Waals surface area (Å²) in [6.45, 7) is 17.2. The van der Waals surface area contributed by atoms with Gasteiger partial charge in [-0.2, -0.15) is 0 Å². The molecule has 0 radical (unpaired) electrons. The third-order valence-corrected chi connectivity index (χ3v) is 6.85. The molecule has 0 spiro atoms. The summed E-state index contributed by atoms with van der Waals surface area (Å²) < 4.78 is 0. The van der Waals surface area contributed by atoms with Crippen molar-refractivity contribution in [3.05, 3.63) is 29.8 Å². The Bertz CT molecular complexity index is 649. The van der Waals surface area contributed by atoms with E-state index in [1.165, 1.54) is 76.6 Å². The number of carboxylic acid groups (broad SMARTS) is 1. The fourth-order valence-electron chi connectivity index (χ4n) is 4.89. The Morgan fingerprint density at radius 1 is 0.941 bits per heavy atom. The number of carbonyl (C=O) groups is 1. The number of rotatable bonds is 13. The predicted molar refractivity (Wildman–Crippen MR) is 145 cm³/mol. The molecule has 196 valence electrons. The highest BCUT2D eigenvalue weighted by atomic mass is 16.4. The van der Waals surface area contributed by atoms with Crippen LogP contribution in [0.25, 0.3) is 0 Å². The van der Waals surface area contributed by atoms with Crippen LogP contribution in [0.1, 0.15) is 96.3 Å². The molecule has 5 N–H and O–H groups in total. The number of nitrogens with two attached hydrogens (primary N) is 2. The van der Waals surface area contributed by atoms with Crippen LogP contribution in [-0.4, -0.2) is 59.3 Å². The van der Waals surface area contributed by atoms with Crippen LogP contribution in [0.3, 0.4) is 0 Å². The summed E-state index contributed by atoms with van der Waals surface area (Å²) in [4.78, 5) is 15.5. The second-order valence-electron chi connectivity index (χ2n) is 10.6. The zero-order valence-corrected chi connectivity index (χ0v) is 22.6. The van der Waals surface area contributed by atoms with Crippen LogP contribution in [0.5, 0.6) is 0 Å². The molecule has 34 heavy (non-hydrogen) atoms. The molecule has 6 heteroatoms. The second kappa shape index (κ2) is 16.1. The van der Waals surface area contributed by atoms with Gasteiger partial charge in [-0.15, -0.1) is 0 Å². The van der Waals surface area contributed by atoms with Crippen molar-refractivity contribution in [2.75, 3.05) is 38.6 Å². The van der Waals surface area contributed by atoms with E-state index in [-0.39, 0.29) is 11.1 Å². The lowest BCUT2D eigenvalue weighted by Gasteiger charge is -2.46. The minimum atomic E-state index is -0.931. The number of nitrogen functional groups attached to an aromatic ring is 1. The molecule has 0 bridgehead atoms. The number of hydrogen-bond donors (Lipinski definition) is 3. The van der Waals surface area contributed by atoms with Gasteiger partial charge in [0.2, 0.25) is 0 Å². The summed E-state index contributed by atoms with van der Waals surface area (Å²) in [6.07, 6.45) is 10.7. The molecule has 1 aliphatic rings. The van der Waals surface area contributed by atoms with Crippen molar-refractivity contribution in [2.45, 2.75) is 91.5 Å². The second-order valence-corrected chi connectivity index (χ2v) is 10.6. The molecule has 1 aromatic rings. The van der Waals surface area contributed by atoms with E-state index in [9.17, 15) is 4.79 Å². The van der Waals surface area contributed by atoms with Crippen molar-refractivity contribution >= 4 is 11.7 Å². The lowest BCUT2D eigenvalue weighted by Crippen LogP contribution is -2.63. The SMILES string of the molecule is CCCCC(CC)CN1CN(CC(CC)CCCC)CC(C)(N)C1.Nc1ccc(C(=O)O)cc1. The Kier molecular flexibility index (Phi) is 14.4. The molecule has 6 nitrogen and oxygen atoms in total. The molecule has 1 aliphatic heterocycles. The van der Waals surface area contributed by atoms with Gasteiger partial charge in [-0.1, -0.05) is 66.2 Å². The van der Waals surface area contributed by atoms with Crippen molar-refractivity contribution in [2.24, 2.45) is 17.6 Å². The zero-order valence-electron chi connectivity index (χ0n) is 22.6. The van der Waals surface area contributed by atoms with E-state index >= 15 is 0 Å². The van der Waals surface area contributed by atoms with Crippen LogP contribution in [0.15, 0.2) is 24.3 Å². The number of hydrogen-bond acceptors (Lipinski definition) is 5. The maximum absolute atomic E-state index is 10.3. The molecule has 1 fully saturated rings. The summed E-state index contributed by atoms with van der Waals surface area (Å²) in [5, 5.41) is 8.43. The average molecular weight is 477 g/mol. The molecule has 0 aromatic heterocycles. The Balaban J connectivity index is 0.000000479. The normalized spacial score (nSPS) is 20.9. The average Bonchev–Trinajstić information content (AvgIpc) is 2.79. The summed E-state index contributed by atoms with van der Waals surface area (Å²) in [6, 6.07) is 6.06. The molecule has 1 heterocycles. The first-order valence-electron chi connectivity index (χ1n) is 13.5. The Hall–Kier alpha value is -1.63. The van der Waals surface area contributed by atoms with Crippen molar-refractivity contribution in [3.63, 3.8) is 0 Å². The van der Waals surface area contributed by atoms with E-state index in [1.54, 1.807) is 12.1 Å². The lowest BCUT2D eigenvalue weighted by molar-refractivity contribution is 0.0182. The van der Waals surface area contributed by atoms with Gasteiger partial charge in [0.15, 0.2) is 0 Å². The van der Waals surface area contributed by atoms with Gasteiger partial charge in [0.05, 0.1) is 12.2 Å². The molecule has 0 amide bonds. The quantitative estimate of drug-likeness (QED) is 0.317. The smallest absolute Gasteiger partial charge is 0.335 e. The maximum atomic E-state index is 10.3. The maximum Gasteiger partial charge on any atom is 0.335 e. The van der Waals surface area contributed by atoms with E-state index in [0.29, 0.717) is 5.69 Å². The largest absolute Gasteiger partial charge is 0.478 e. The summed E-state index contributed by atoms with van der Waals surface area (Å²) in [5.74, 6) is 0.741. The van der Waals surface area contributed by atoms with Gasteiger partial charge in [-0.05, 0) is 55.9 Å². The van der Waals surface area contributed by atoms with Gasteiger partial charge in [-0.25, -0.2) is 4.79 Å². The fraction of sp³-hybridized carbons (Fsp3) is 0.750. The first kappa shape index (κ1) is 30.4. The van der Waals surface area contributed by atoms with Gasteiger partial charge in [0.1, 0.15) is 0 Å². The van der Waals surface area contributed by atoms with Gasteiger partial charge >= 0.3 is 5.97 Å². The first-order chi connectivity index (χ1) is 16.1. The van der Waals surface area contributed by atoms with E-state index in [1.807, 2.05) is 0 Å². The lowest BCUT2D eigenvalue weighted by atomic mass is 9.94. The number of carboxylic acids is 1. The van der Waals surface area contributed by atoms with E-state index in [4.69, 9.17) is 16.6 Å². The summed E-state index contributed by atoms with van der Waals surface area (Å²) >= 11 is 0. The predicted octanol–water partition coefficient (Wildman–Crippen LogP) is 5.68. The van der Waals surface area contributed by atoms with Gasteiger partial charge in [0.25, 0.3) is 0 Å². The summed E-state index contributed by atoms with van der Waals surface area (Å²) in [7, 11) is 0. The Morgan fingerprint density at radius 2 is 1.38 bits per heavy atom. The summed E-state index contributed by atoms with van der Waals surface area (Å²) in [5.41, 5.74) is 12.7. The molecule has 2 unspecified atom stereocenters. The highest BCUT2D eigenvalue weighted by molar-refractivity contribution is 5.87. The molecule has 2 rings (SSSR count). The third-order valence-electron chi connectivity index (χ3n) is 6.85. The Morgan fingerprint density at radius 3 is 1.74 bits per heavy atom. The molecular formula is C28H52N4O2. The van der Waals surface area contributed by atoms with Crippen LogP contribution < -0.4 is 11.5 Å². The van der Waals surface area contributed by atoms with Crippen molar-refractivity contribution in [3.8, 4) is 0 Å². The van der Waals surface area contributed by atoms with E-state index < -0.39 is 5.97 Å². The van der Waals surface area contributed by atoms with Crippen LogP contribution in [0.4, 0.5) is 5.69 Å². The standard InChI is InChI=1S/C21H45N3.C7H7NO2/c1-6-10-12-19(8-3)14-23-16-21(5,22)17-24(18-23)15-20(9-4)13-11-7-2;8-6-3-1-5(2-4-6)7(9)10/h19-20H,6-18,22H2,1-5H3;1-4H,8H2,(H,9,10).